The summed E-state index contributed by atoms with van der Waals surface area (Å²) in [6.07, 6.45) is 9.97. The third kappa shape index (κ3) is 7.57. The second-order valence-electron chi connectivity index (χ2n) is 14.2. The van der Waals surface area contributed by atoms with Crippen LogP contribution in [0, 0.1) is 29.5 Å². The van der Waals surface area contributed by atoms with E-state index >= 15 is 0 Å². The fraction of sp³-hybridized carbons (Fsp3) is 0.568. The van der Waals surface area contributed by atoms with Crippen LogP contribution < -0.4 is 0 Å². The highest BCUT2D eigenvalue weighted by atomic mass is 32.2. The number of aliphatic carboxylic acids is 1. The molecule has 2 aliphatic carbocycles. The highest BCUT2D eigenvalue weighted by Gasteiger charge is 2.43. The van der Waals surface area contributed by atoms with Gasteiger partial charge in [0.15, 0.2) is 9.84 Å². The first kappa shape index (κ1) is 32.9. The van der Waals surface area contributed by atoms with Crippen LogP contribution in [0.2, 0.25) is 0 Å². The molecule has 0 spiro atoms. The van der Waals surface area contributed by atoms with E-state index < -0.39 is 15.8 Å². The van der Waals surface area contributed by atoms with E-state index in [0.29, 0.717) is 29.1 Å². The van der Waals surface area contributed by atoms with E-state index in [2.05, 4.69) is 22.6 Å². The zero-order chi connectivity index (χ0) is 32.4. The quantitative estimate of drug-likeness (QED) is 0.229. The minimum Gasteiger partial charge on any atom is -0.481 e. The predicted octanol–water partition coefficient (Wildman–Crippen LogP) is 6.92. The van der Waals surface area contributed by atoms with Gasteiger partial charge in [-0.25, -0.2) is 12.8 Å². The van der Waals surface area contributed by atoms with Crippen LogP contribution in [0.15, 0.2) is 59.5 Å². The molecule has 7 nitrogen and oxygen atoms in total. The van der Waals surface area contributed by atoms with E-state index in [4.69, 9.17) is 5.10 Å². The number of carbonyl (C=O) groups is 1. The zero-order valence-corrected chi connectivity index (χ0v) is 28.0. The lowest BCUT2D eigenvalue weighted by molar-refractivity contribution is -0.144. The number of carboxylic acids is 1. The number of likely N-dealkylation sites (tertiary alicyclic amines) is 1. The molecule has 2 aromatic carbocycles. The van der Waals surface area contributed by atoms with Gasteiger partial charge in [-0.05, 0) is 117 Å². The fourth-order valence-electron chi connectivity index (χ4n) is 8.39. The lowest BCUT2D eigenvalue weighted by Gasteiger charge is -2.35. The Morgan fingerprint density at radius 1 is 1.04 bits per heavy atom. The lowest BCUT2D eigenvalue weighted by atomic mass is 9.74. The minimum atomic E-state index is -3.22. The van der Waals surface area contributed by atoms with E-state index in [1.165, 1.54) is 24.4 Å². The first-order valence-electron chi connectivity index (χ1n) is 17.1. The van der Waals surface area contributed by atoms with Crippen molar-refractivity contribution < 1.29 is 22.7 Å². The number of aryl methyl sites for hydroxylation is 1. The largest absolute Gasteiger partial charge is 0.481 e. The van der Waals surface area contributed by atoms with Gasteiger partial charge in [0.05, 0.1) is 16.5 Å². The summed E-state index contributed by atoms with van der Waals surface area (Å²) in [7, 11) is -3.22. The summed E-state index contributed by atoms with van der Waals surface area (Å²) in [6, 6.07) is 16.3. The van der Waals surface area contributed by atoms with Crippen molar-refractivity contribution in [2.24, 2.45) is 23.7 Å². The average molecular weight is 650 g/mol. The maximum absolute atomic E-state index is 14.3. The van der Waals surface area contributed by atoms with Crippen LogP contribution in [0.1, 0.15) is 92.6 Å². The van der Waals surface area contributed by atoms with Gasteiger partial charge in [0.2, 0.25) is 0 Å². The van der Waals surface area contributed by atoms with Crippen molar-refractivity contribution in [3.05, 3.63) is 82.9 Å². The highest BCUT2D eigenvalue weighted by molar-refractivity contribution is 7.90. The Labute approximate surface area is 273 Å². The molecule has 9 heteroatoms. The number of hydrogen-bond donors (Lipinski definition) is 1. The summed E-state index contributed by atoms with van der Waals surface area (Å²) >= 11 is 0. The Balaban J connectivity index is 1.11. The summed E-state index contributed by atoms with van der Waals surface area (Å²) < 4.78 is 40.1. The average Bonchev–Trinajstić information content (AvgIpc) is 3.60. The number of hydrogen-bond acceptors (Lipinski definition) is 5. The van der Waals surface area contributed by atoms with Crippen LogP contribution in [0.25, 0.3) is 0 Å². The molecule has 1 N–H and O–H groups in total. The van der Waals surface area contributed by atoms with Crippen LogP contribution >= 0.6 is 0 Å². The molecule has 3 fully saturated rings. The maximum Gasteiger partial charge on any atom is 0.306 e. The number of aromatic nitrogens is 2. The van der Waals surface area contributed by atoms with Crippen molar-refractivity contribution in [2.45, 2.75) is 88.0 Å². The Morgan fingerprint density at radius 2 is 1.78 bits per heavy atom. The van der Waals surface area contributed by atoms with Gasteiger partial charge in [-0.1, -0.05) is 43.5 Å². The summed E-state index contributed by atoms with van der Waals surface area (Å²) in [5, 5.41) is 15.1. The topological polar surface area (TPSA) is 92.5 Å². The molecule has 3 aromatic rings. The normalized spacial score (nSPS) is 23.8. The molecule has 3 aliphatic rings. The van der Waals surface area contributed by atoms with Crippen molar-refractivity contribution in [3.63, 3.8) is 0 Å². The highest BCUT2D eigenvalue weighted by Crippen LogP contribution is 2.49. The SMILES string of the molecule is CCn1nc(Cc2ccc(S(C)(=O)=O)cc2)cc1C1CCN(CC2CC([C@H](CC3CCC3)C(=O)O)CC2c2cccc(F)c2)CC1. The number of rotatable bonds is 12. The van der Waals surface area contributed by atoms with Gasteiger partial charge in [-0.2, -0.15) is 5.10 Å². The molecule has 0 amide bonds. The second kappa shape index (κ2) is 14.0. The Kier molecular flexibility index (Phi) is 9.99. The summed E-state index contributed by atoms with van der Waals surface area (Å²) in [6.45, 7) is 5.79. The number of sulfone groups is 1. The Hall–Kier alpha value is -3.04. The molecule has 3 unspecified atom stereocenters. The van der Waals surface area contributed by atoms with Crippen LogP contribution in [0.5, 0.6) is 0 Å². The minimum absolute atomic E-state index is 0.133. The van der Waals surface area contributed by atoms with Crippen molar-refractivity contribution in [3.8, 4) is 0 Å². The first-order chi connectivity index (χ1) is 22.1. The Morgan fingerprint density at radius 3 is 2.39 bits per heavy atom. The third-order valence-corrected chi connectivity index (χ3v) is 12.2. The van der Waals surface area contributed by atoms with E-state index in [-0.39, 0.29) is 23.6 Å². The van der Waals surface area contributed by atoms with E-state index in [1.54, 1.807) is 24.3 Å². The summed E-state index contributed by atoms with van der Waals surface area (Å²) in [4.78, 5) is 15.3. The number of nitrogens with zero attached hydrogens (tertiary/aromatic N) is 3. The summed E-state index contributed by atoms with van der Waals surface area (Å²) in [5.41, 5.74) is 4.32. The van der Waals surface area contributed by atoms with Gasteiger partial charge in [0, 0.05) is 37.4 Å². The van der Waals surface area contributed by atoms with Crippen LogP contribution in [-0.2, 0) is 27.6 Å². The van der Waals surface area contributed by atoms with Crippen molar-refractivity contribution >= 4 is 15.8 Å². The molecular formula is C37H48FN3O4S. The van der Waals surface area contributed by atoms with Crippen LogP contribution in [0.3, 0.4) is 0 Å². The third-order valence-electron chi connectivity index (χ3n) is 11.1. The fourth-order valence-corrected chi connectivity index (χ4v) is 9.02. The van der Waals surface area contributed by atoms with E-state index in [1.807, 2.05) is 18.2 Å². The monoisotopic (exact) mass is 649 g/mol. The Bertz CT molecular complexity index is 1610. The molecule has 4 atom stereocenters. The standard InChI is InChI=1S/C37H48FN3O4S/c1-3-41-36(23-32(39-41)18-26-10-12-33(13-11-26)46(2,44)45)27-14-16-40(17-15-27)24-30-20-29(35(37(42)43)19-25-6-4-7-25)22-34(30)28-8-5-9-31(38)21-28/h5,8-13,21,23,25,27,29-30,34-35H,3-4,6-7,14-20,22,24H2,1-2H3,(H,42,43)/t29?,30?,34?,35-/m0/s1. The molecule has 46 heavy (non-hydrogen) atoms. The molecule has 1 aliphatic heterocycles. The molecule has 2 heterocycles. The first-order valence-corrected chi connectivity index (χ1v) is 19.0. The second-order valence-corrected chi connectivity index (χ2v) is 16.2. The molecule has 2 saturated carbocycles. The van der Waals surface area contributed by atoms with E-state index in [9.17, 15) is 22.7 Å². The van der Waals surface area contributed by atoms with Crippen LogP contribution in [0.4, 0.5) is 4.39 Å². The molecule has 0 radical (unpaired) electrons. The molecule has 1 aromatic heterocycles. The molecular weight excluding hydrogens is 601 g/mol. The van der Waals surface area contributed by atoms with Crippen molar-refractivity contribution in [1.29, 1.82) is 0 Å². The smallest absolute Gasteiger partial charge is 0.306 e. The van der Waals surface area contributed by atoms with Crippen molar-refractivity contribution in [2.75, 3.05) is 25.9 Å². The van der Waals surface area contributed by atoms with Gasteiger partial charge in [-0.15, -0.1) is 0 Å². The number of benzene rings is 2. The number of piperidine rings is 1. The van der Waals surface area contributed by atoms with Gasteiger partial charge in [0.25, 0.3) is 0 Å². The van der Waals surface area contributed by atoms with Crippen molar-refractivity contribution in [1.82, 2.24) is 14.7 Å². The zero-order valence-electron chi connectivity index (χ0n) is 27.2. The predicted molar refractivity (Wildman–Crippen MR) is 177 cm³/mol. The van der Waals surface area contributed by atoms with Crippen LogP contribution in [-0.4, -0.2) is 60.1 Å². The van der Waals surface area contributed by atoms with Gasteiger partial charge < -0.3 is 10.0 Å². The molecule has 6 rings (SSSR count). The summed E-state index contributed by atoms with van der Waals surface area (Å²) in [5.74, 6) is 0.401. The molecule has 0 bridgehead atoms. The maximum atomic E-state index is 14.3. The number of carboxylic acid groups (broad SMARTS) is 1. The van der Waals surface area contributed by atoms with Gasteiger partial charge in [-0.3, -0.25) is 9.48 Å². The molecule has 1 saturated heterocycles. The van der Waals surface area contributed by atoms with Gasteiger partial charge >= 0.3 is 5.97 Å². The lowest BCUT2D eigenvalue weighted by Crippen LogP contribution is -2.37. The van der Waals surface area contributed by atoms with E-state index in [0.717, 1.165) is 87.9 Å². The molecule has 248 valence electrons. The number of halogens is 1. The van der Waals surface area contributed by atoms with Gasteiger partial charge in [0.1, 0.15) is 5.82 Å².